The van der Waals surface area contributed by atoms with Crippen molar-refractivity contribution in [3.05, 3.63) is 54.2 Å². The van der Waals surface area contributed by atoms with Crippen molar-refractivity contribution in [1.82, 2.24) is 4.98 Å². The summed E-state index contributed by atoms with van der Waals surface area (Å²) in [4.78, 5) is 4.44. The van der Waals surface area contributed by atoms with Gasteiger partial charge in [0.05, 0.1) is 5.52 Å². The van der Waals surface area contributed by atoms with E-state index in [9.17, 15) is 0 Å². The Morgan fingerprint density at radius 3 is 3.00 bits per heavy atom. The average Bonchev–Trinajstić information content (AvgIpc) is 2.29. The second-order valence-electron chi connectivity index (χ2n) is 3.64. The van der Waals surface area contributed by atoms with Crippen molar-refractivity contribution in [2.75, 3.05) is 0 Å². The zero-order valence-electron chi connectivity index (χ0n) is 8.98. The molecule has 1 heterocycles. The average molecular weight is 197 g/mol. The molecule has 15 heavy (non-hydrogen) atoms. The highest BCUT2D eigenvalue weighted by molar-refractivity contribution is 5.78. The van der Waals surface area contributed by atoms with Gasteiger partial charge in [-0.1, -0.05) is 30.4 Å². The molecule has 1 aromatic carbocycles. The lowest BCUT2D eigenvalue weighted by atomic mass is 10.1. The quantitative estimate of drug-likeness (QED) is 0.683. The van der Waals surface area contributed by atoms with Crippen molar-refractivity contribution in [3.63, 3.8) is 0 Å². The van der Waals surface area contributed by atoms with Gasteiger partial charge in [0.25, 0.3) is 0 Å². The molecule has 0 unspecified atom stereocenters. The van der Waals surface area contributed by atoms with Crippen LogP contribution < -0.4 is 0 Å². The predicted molar refractivity (Wildman–Crippen MR) is 64.9 cm³/mol. The number of fused-ring (bicyclic) bond motifs is 1. The van der Waals surface area contributed by atoms with Gasteiger partial charge in [0.2, 0.25) is 0 Å². The molecule has 0 aliphatic carbocycles. The molecule has 0 saturated carbocycles. The molecule has 76 valence electrons. The molecule has 1 heteroatoms. The van der Waals surface area contributed by atoms with E-state index in [1.165, 1.54) is 10.9 Å². The Balaban J connectivity index is 2.23. The van der Waals surface area contributed by atoms with Crippen LogP contribution in [0.2, 0.25) is 0 Å². The van der Waals surface area contributed by atoms with Gasteiger partial charge in [0.1, 0.15) is 0 Å². The lowest BCUT2D eigenvalue weighted by Crippen LogP contribution is -1.86. The van der Waals surface area contributed by atoms with Crippen molar-refractivity contribution in [3.8, 4) is 0 Å². The summed E-state index contributed by atoms with van der Waals surface area (Å²) < 4.78 is 0. The van der Waals surface area contributed by atoms with Gasteiger partial charge in [-0.3, -0.25) is 4.98 Å². The van der Waals surface area contributed by atoms with E-state index < -0.39 is 0 Å². The van der Waals surface area contributed by atoms with Crippen LogP contribution in [0.1, 0.15) is 18.9 Å². The molecule has 0 atom stereocenters. The van der Waals surface area contributed by atoms with Crippen molar-refractivity contribution in [2.45, 2.75) is 19.8 Å². The van der Waals surface area contributed by atoms with Crippen LogP contribution in [0.25, 0.3) is 10.9 Å². The Labute approximate surface area is 90.5 Å². The summed E-state index contributed by atoms with van der Waals surface area (Å²) in [6, 6.07) is 10.5. The van der Waals surface area contributed by atoms with Crippen molar-refractivity contribution < 1.29 is 0 Å². The minimum atomic E-state index is 1.07. The summed E-state index contributed by atoms with van der Waals surface area (Å²) in [6.07, 6.45) is 8.42. The lowest BCUT2D eigenvalue weighted by Gasteiger charge is -2.00. The summed E-state index contributed by atoms with van der Waals surface area (Å²) in [5, 5.41) is 1.23. The summed E-state index contributed by atoms with van der Waals surface area (Å²) in [6.45, 7) is 2.05. The van der Waals surface area contributed by atoms with Crippen LogP contribution in [0.4, 0.5) is 0 Å². The molecule has 1 aromatic heterocycles. The second kappa shape index (κ2) is 4.74. The molecule has 1 nitrogen and oxygen atoms in total. The van der Waals surface area contributed by atoms with Crippen LogP contribution in [0.5, 0.6) is 0 Å². The normalized spacial score (nSPS) is 11.3. The maximum absolute atomic E-state index is 4.44. The van der Waals surface area contributed by atoms with E-state index in [-0.39, 0.29) is 0 Å². The maximum atomic E-state index is 4.44. The first-order chi connectivity index (χ1) is 7.40. The van der Waals surface area contributed by atoms with Crippen LogP contribution in [-0.4, -0.2) is 4.98 Å². The van der Waals surface area contributed by atoms with Crippen LogP contribution in [0.3, 0.4) is 0 Å². The van der Waals surface area contributed by atoms with E-state index in [0.29, 0.717) is 0 Å². The number of hydrogen-bond acceptors (Lipinski definition) is 1. The maximum Gasteiger partial charge on any atom is 0.0702 e. The molecule has 0 fully saturated rings. The smallest absolute Gasteiger partial charge is 0.0702 e. The van der Waals surface area contributed by atoms with Gasteiger partial charge >= 0.3 is 0 Å². The number of rotatable bonds is 3. The molecule has 0 N–H and O–H groups in total. The second-order valence-corrected chi connectivity index (χ2v) is 3.64. The summed E-state index contributed by atoms with van der Waals surface area (Å²) in [7, 11) is 0. The number of benzene rings is 1. The minimum absolute atomic E-state index is 1.07. The van der Waals surface area contributed by atoms with Crippen LogP contribution in [0, 0.1) is 0 Å². The molecule has 2 rings (SSSR count). The lowest BCUT2D eigenvalue weighted by molar-refractivity contribution is 0.992. The first kappa shape index (κ1) is 9.91. The number of aromatic nitrogens is 1. The third-order valence-electron chi connectivity index (χ3n) is 2.48. The highest BCUT2D eigenvalue weighted by Gasteiger charge is 1.95. The molecule has 0 bridgehead atoms. The van der Waals surface area contributed by atoms with E-state index in [4.69, 9.17) is 0 Å². The van der Waals surface area contributed by atoms with Crippen LogP contribution >= 0.6 is 0 Å². The van der Waals surface area contributed by atoms with Gasteiger partial charge in [-0.2, -0.15) is 0 Å². The van der Waals surface area contributed by atoms with Crippen molar-refractivity contribution >= 4 is 10.9 Å². The molecule has 0 saturated heterocycles. The van der Waals surface area contributed by atoms with Gasteiger partial charge in [0, 0.05) is 11.6 Å². The Morgan fingerprint density at radius 2 is 2.13 bits per heavy atom. The largest absolute Gasteiger partial charge is 0.256 e. The zero-order valence-corrected chi connectivity index (χ0v) is 8.98. The predicted octanol–water partition coefficient (Wildman–Crippen LogP) is 3.74. The number of hydrogen-bond donors (Lipinski definition) is 0. The van der Waals surface area contributed by atoms with E-state index >= 15 is 0 Å². The zero-order chi connectivity index (χ0) is 10.5. The third kappa shape index (κ3) is 2.44. The third-order valence-corrected chi connectivity index (χ3v) is 2.48. The van der Waals surface area contributed by atoms with Gasteiger partial charge in [-0.25, -0.2) is 0 Å². The van der Waals surface area contributed by atoms with Gasteiger partial charge < -0.3 is 0 Å². The number of allylic oxidation sites excluding steroid dienone is 2. The van der Waals surface area contributed by atoms with E-state index in [1.807, 2.05) is 18.3 Å². The topological polar surface area (TPSA) is 12.9 Å². The Morgan fingerprint density at radius 1 is 1.27 bits per heavy atom. The molecule has 0 amide bonds. The fourth-order valence-corrected chi connectivity index (χ4v) is 1.67. The Hall–Kier alpha value is -1.63. The standard InChI is InChI=1S/C14H15N/c1-2-3-4-7-12-10-13-8-5-6-9-14(13)15-11-12/h2-3,5-6,8-11H,4,7H2,1H3/b3-2+. The van der Waals surface area contributed by atoms with Gasteiger partial charge in [-0.05, 0) is 37.5 Å². The molecular weight excluding hydrogens is 182 g/mol. The molecule has 2 aromatic rings. The van der Waals surface area contributed by atoms with Crippen LogP contribution in [-0.2, 0) is 6.42 Å². The minimum Gasteiger partial charge on any atom is -0.256 e. The van der Waals surface area contributed by atoms with Gasteiger partial charge in [0.15, 0.2) is 0 Å². The molecular formula is C14H15N. The van der Waals surface area contributed by atoms with Gasteiger partial charge in [-0.15, -0.1) is 0 Å². The summed E-state index contributed by atoms with van der Waals surface area (Å²) in [5.41, 5.74) is 2.39. The fourth-order valence-electron chi connectivity index (χ4n) is 1.67. The fraction of sp³-hybridized carbons (Fsp3) is 0.214. The molecule has 0 aliphatic rings. The highest BCUT2D eigenvalue weighted by Crippen LogP contribution is 2.13. The molecule has 0 radical (unpaired) electrons. The number of nitrogens with zero attached hydrogens (tertiary/aromatic N) is 1. The SMILES string of the molecule is C/C=C/CCc1cnc2ccccc2c1. The van der Waals surface area contributed by atoms with Crippen LogP contribution in [0.15, 0.2) is 48.7 Å². The number of aryl methyl sites for hydroxylation is 1. The molecule has 0 spiro atoms. The summed E-state index contributed by atoms with van der Waals surface area (Å²) >= 11 is 0. The van der Waals surface area contributed by atoms with Crippen molar-refractivity contribution in [1.29, 1.82) is 0 Å². The first-order valence-corrected chi connectivity index (χ1v) is 5.35. The number of para-hydroxylation sites is 1. The van der Waals surface area contributed by atoms with E-state index in [0.717, 1.165) is 18.4 Å². The Kier molecular flexibility index (Phi) is 3.13. The summed E-state index contributed by atoms with van der Waals surface area (Å²) in [5.74, 6) is 0. The van der Waals surface area contributed by atoms with E-state index in [2.05, 4.69) is 42.3 Å². The Bertz CT molecular complexity index is 471. The highest BCUT2D eigenvalue weighted by atomic mass is 14.6. The first-order valence-electron chi connectivity index (χ1n) is 5.35. The molecule has 0 aliphatic heterocycles. The van der Waals surface area contributed by atoms with Crippen molar-refractivity contribution in [2.24, 2.45) is 0 Å². The monoisotopic (exact) mass is 197 g/mol. The van der Waals surface area contributed by atoms with E-state index in [1.54, 1.807) is 0 Å². The number of pyridine rings is 1.